The average molecular weight is 475 g/mol. The second kappa shape index (κ2) is 11.4. The maximum atomic E-state index is 12.6. The molecule has 3 rings (SSSR count). The smallest absolute Gasteiger partial charge is 0.214 e. The van der Waals surface area contributed by atoms with Gasteiger partial charge >= 0.3 is 0 Å². The Morgan fingerprint density at radius 1 is 1.12 bits per heavy atom. The lowest BCUT2D eigenvalue weighted by Gasteiger charge is -2.36. The van der Waals surface area contributed by atoms with Gasteiger partial charge in [0.05, 0.1) is 18.1 Å². The van der Waals surface area contributed by atoms with E-state index in [1.807, 2.05) is 6.92 Å². The molecule has 8 heteroatoms. The van der Waals surface area contributed by atoms with E-state index in [1.165, 1.54) is 11.1 Å². The highest BCUT2D eigenvalue weighted by molar-refractivity contribution is 7.89. The first-order chi connectivity index (χ1) is 15.8. The van der Waals surface area contributed by atoms with Gasteiger partial charge in [-0.15, -0.1) is 0 Å². The molecule has 0 amide bonds. The van der Waals surface area contributed by atoms with E-state index in [4.69, 9.17) is 14.7 Å². The highest BCUT2D eigenvalue weighted by Gasteiger charge is 2.29. The number of ether oxygens (including phenoxy) is 1. The molecule has 7 nitrogen and oxygen atoms in total. The van der Waals surface area contributed by atoms with Crippen LogP contribution in [0, 0.1) is 6.92 Å². The predicted molar refractivity (Wildman–Crippen MR) is 133 cm³/mol. The number of methoxy groups -OCH3 is 1. The number of piperazine rings is 1. The van der Waals surface area contributed by atoms with E-state index < -0.39 is 10.0 Å². The zero-order valence-electron chi connectivity index (χ0n) is 20.7. The SMILES string of the molecule is CCCS(=O)(=O)N1CCN(c2nc([C@H](C)CC)nc(COC)c2Cc2cccc(C)c2)CC1. The van der Waals surface area contributed by atoms with E-state index in [-0.39, 0.29) is 11.7 Å². The van der Waals surface area contributed by atoms with Crippen LogP contribution in [0.1, 0.15) is 67.7 Å². The van der Waals surface area contributed by atoms with Crippen LogP contribution in [0.15, 0.2) is 24.3 Å². The largest absolute Gasteiger partial charge is 0.378 e. The van der Waals surface area contributed by atoms with Crippen LogP contribution < -0.4 is 4.90 Å². The molecule has 2 heterocycles. The van der Waals surface area contributed by atoms with Gasteiger partial charge in [0, 0.05) is 51.2 Å². The number of aryl methyl sites for hydroxylation is 1. The molecule has 0 N–H and O–H groups in total. The van der Waals surface area contributed by atoms with Crippen molar-refractivity contribution < 1.29 is 13.2 Å². The van der Waals surface area contributed by atoms with Crippen LogP contribution in [0.4, 0.5) is 5.82 Å². The van der Waals surface area contributed by atoms with Crippen LogP contribution in [0.25, 0.3) is 0 Å². The van der Waals surface area contributed by atoms with E-state index in [0.29, 0.717) is 45.6 Å². The maximum Gasteiger partial charge on any atom is 0.214 e. The molecule has 0 saturated carbocycles. The minimum Gasteiger partial charge on any atom is -0.378 e. The van der Waals surface area contributed by atoms with Crippen molar-refractivity contribution in [2.45, 2.75) is 59.5 Å². The van der Waals surface area contributed by atoms with Crippen molar-refractivity contribution in [3.8, 4) is 0 Å². The third-order valence-corrected chi connectivity index (χ3v) is 8.36. The molecule has 1 aromatic heterocycles. The summed E-state index contributed by atoms with van der Waals surface area (Å²) < 4.78 is 32.3. The van der Waals surface area contributed by atoms with E-state index in [0.717, 1.165) is 29.3 Å². The number of hydrogen-bond acceptors (Lipinski definition) is 6. The van der Waals surface area contributed by atoms with Gasteiger partial charge in [0.15, 0.2) is 0 Å². The van der Waals surface area contributed by atoms with Gasteiger partial charge in [-0.25, -0.2) is 18.4 Å². The van der Waals surface area contributed by atoms with E-state index >= 15 is 0 Å². The van der Waals surface area contributed by atoms with E-state index in [2.05, 4.69) is 49.9 Å². The summed E-state index contributed by atoms with van der Waals surface area (Å²) in [7, 11) is -1.50. The van der Waals surface area contributed by atoms with Crippen molar-refractivity contribution in [1.29, 1.82) is 0 Å². The number of hydrogen-bond donors (Lipinski definition) is 0. The van der Waals surface area contributed by atoms with Crippen molar-refractivity contribution in [1.82, 2.24) is 14.3 Å². The van der Waals surface area contributed by atoms with E-state index in [1.54, 1.807) is 11.4 Å². The molecule has 0 radical (unpaired) electrons. The zero-order chi connectivity index (χ0) is 24.0. The summed E-state index contributed by atoms with van der Waals surface area (Å²) in [4.78, 5) is 12.2. The molecule has 1 aliphatic heterocycles. The summed E-state index contributed by atoms with van der Waals surface area (Å²) in [5.41, 5.74) is 4.41. The van der Waals surface area contributed by atoms with Crippen molar-refractivity contribution in [3.63, 3.8) is 0 Å². The van der Waals surface area contributed by atoms with Gasteiger partial charge in [0.1, 0.15) is 11.6 Å². The zero-order valence-corrected chi connectivity index (χ0v) is 21.5. The Kier molecular flexibility index (Phi) is 8.84. The molecule has 0 spiro atoms. The maximum absolute atomic E-state index is 12.6. The Morgan fingerprint density at radius 3 is 2.45 bits per heavy atom. The highest BCUT2D eigenvalue weighted by atomic mass is 32.2. The van der Waals surface area contributed by atoms with Crippen molar-refractivity contribution >= 4 is 15.8 Å². The molecule has 1 aromatic carbocycles. The van der Waals surface area contributed by atoms with Gasteiger partial charge in [0.25, 0.3) is 0 Å². The van der Waals surface area contributed by atoms with Crippen molar-refractivity contribution in [3.05, 3.63) is 52.5 Å². The molecule has 33 heavy (non-hydrogen) atoms. The fourth-order valence-corrected chi connectivity index (χ4v) is 5.72. The topological polar surface area (TPSA) is 75.6 Å². The molecule has 1 aliphatic rings. The molecule has 0 bridgehead atoms. The summed E-state index contributed by atoms with van der Waals surface area (Å²) in [5, 5.41) is 0. The number of sulfonamides is 1. The quantitative estimate of drug-likeness (QED) is 0.520. The number of nitrogens with zero attached hydrogens (tertiary/aromatic N) is 4. The number of benzene rings is 1. The van der Waals surface area contributed by atoms with Gasteiger partial charge in [-0.05, 0) is 25.3 Å². The second-order valence-corrected chi connectivity index (χ2v) is 11.0. The Balaban J connectivity index is 1.99. The molecule has 1 atom stereocenters. The molecular formula is C25H38N4O3S. The first-order valence-corrected chi connectivity index (χ1v) is 13.6. The summed E-state index contributed by atoms with van der Waals surface area (Å²) >= 11 is 0. The Morgan fingerprint density at radius 2 is 1.85 bits per heavy atom. The van der Waals surface area contributed by atoms with Crippen LogP contribution in [-0.2, 0) is 27.8 Å². The van der Waals surface area contributed by atoms with Crippen LogP contribution in [0.2, 0.25) is 0 Å². The van der Waals surface area contributed by atoms with Crippen LogP contribution in [-0.4, -0.2) is 61.7 Å². The van der Waals surface area contributed by atoms with E-state index in [9.17, 15) is 8.42 Å². The molecule has 2 aromatic rings. The molecule has 1 saturated heterocycles. The fraction of sp³-hybridized carbons (Fsp3) is 0.600. The minimum atomic E-state index is -3.19. The average Bonchev–Trinajstić information content (AvgIpc) is 2.80. The molecule has 182 valence electrons. The Labute approximate surface area is 199 Å². The number of aromatic nitrogens is 2. The van der Waals surface area contributed by atoms with Gasteiger partial charge in [0.2, 0.25) is 10.0 Å². The fourth-order valence-electron chi connectivity index (χ4n) is 4.23. The lowest BCUT2D eigenvalue weighted by molar-refractivity contribution is 0.180. The van der Waals surface area contributed by atoms with Crippen LogP contribution in [0.5, 0.6) is 0 Å². The lowest BCUT2D eigenvalue weighted by atomic mass is 10.0. The lowest BCUT2D eigenvalue weighted by Crippen LogP contribution is -2.50. The second-order valence-electron chi connectivity index (χ2n) is 8.94. The third kappa shape index (κ3) is 6.31. The number of anilines is 1. The molecular weight excluding hydrogens is 436 g/mol. The van der Waals surface area contributed by atoms with Crippen molar-refractivity contribution in [2.24, 2.45) is 0 Å². The van der Waals surface area contributed by atoms with Crippen molar-refractivity contribution in [2.75, 3.05) is 43.9 Å². The van der Waals surface area contributed by atoms with Gasteiger partial charge < -0.3 is 9.64 Å². The van der Waals surface area contributed by atoms with Gasteiger partial charge in [-0.1, -0.05) is 50.6 Å². The molecule has 0 unspecified atom stereocenters. The standard InChI is InChI=1S/C25H38N4O3S/c1-6-15-33(30,31)29-13-11-28(12-14-29)25-22(17-21-10-8-9-19(3)16-21)23(18-32-5)26-24(27-25)20(4)7-2/h8-10,16,20H,6-7,11-15,17-18H2,1-5H3/t20-/m1/s1. The van der Waals surface area contributed by atoms with Gasteiger partial charge in [-0.2, -0.15) is 4.31 Å². The first-order valence-electron chi connectivity index (χ1n) is 12.0. The van der Waals surface area contributed by atoms with Crippen LogP contribution >= 0.6 is 0 Å². The van der Waals surface area contributed by atoms with Crippen LogP contribution in [0.3, 0.4) is 0 Å². The summed E-state index contributed by atoms with van der Waals surface area (Å²) in [6.07, 6.45) is 2.30. The summed E-state index contributed by atoms with van der Waals surface area (Å²) in [5.74, 6) is 2.18. The first kappa shape index (κ1) is 25.6. The summed E-state index contributed by atoms with van der Waals surface area (Å²) in [6.45, 7) is 10.9. The predicted octanol–water partition coefficient (Wildman–Crippen LogP) is 3.90. The Hall–Kier alpha value is -2.03. The molecule has 1 fully saturated rings. The number of rotatable bonds is 10. The third-order valence-electron chi connectivity index (χ3n) is 6.28. The normalized spacial score (nSPS) is 16.2. The molecule has 0 aliphatic carbocycles. The Bertz CT molecular complexity index is 1030. The highest BCUT2D eigenvalue weighted by Crippen LogP contribution is 2.29. The van der Waals surface area contributed by atoms with Gasteiger partial charge in [-0.3, -0.25) is 0 Å². The monoisotopic (exact) mass is 474 g/mol. The summed E-state index contributed by atoms with van der Waals surface area (Å²) in [6, 6.07) is 8.49. The minimum absolute atomic E-state index is 0.204.